The molecule has 1 N–H and O–H groups in total. The molecule has 0 bridgehead atoms. The van der Waals surface area contributed by atoms with Crippen molar-refractivity contribution >= 4 is 17.2 Å². The predicted molar refractivity (Wildman–Crippen MR) is 90.4 cm³/mol. The summed E-state index contributed by atoms with van der Waals surface area (Å²) in [5, 5.41) is 11.2. The highest BCUT2D eigenvalue weighted by atomic mass is 35.5. The van der Waals surface area contributed by atoms with Crippen LogP contribution in [0.5, 0.6) is 0 Å². The molecule has 0 saturated carbocycles. The zero-order chi connectivity index (χ0) is 15.9. The maximum atomic E-state index is 10.5. The van der Waals surface area contributed by atoms with Crippen molar-refractivity contribution in [3.63, 3.8) is 0 Å². The molecule has 1 aromatic carbocycles. The van der Waals surface area contributed by atoms with Crippen LogP contribution in [0.3, 0.4) is 0 Å². The Morgan fingerprint density at radius 1 is 1.23 bits per heavy atom. The molecule has 0 radical (unpaired) electrons. The molecule has 4 heteroatoms. The number of aryl methyl sites for hydroxylation is 2. The van der Waals surface area contributed by atoms with Gasteiger partial charge >= 0.3 is 0 Å². The van der Waals surface area contributed by atoms with Gasteiger partial charge in [-0.3, -0.25) is 0 Å². The Hall–Kier alpha value is -1.84. The molecule has 0 spiro atoms. The van der Waals surface area contributed by atoms with Gasteiger partial charge in [-0.05, 0) is 55.7 Å². The molecule has 2 heterocycles. The van der Waals surface area contributed by atoms with E-state index in [0.717, 1.165) is 38.7 Å². The number of benzene rings is 1. The molecule has 114 valence electrons. The van der Waals surface area contributed by atoms with Crippen molar-refractivity contribution < 1.29 is 5.11 Å². The van der Waals surface area contributed by atoms with E-state index in [4.69, 9.17) is 16.6 Å². The van der Waals surface area contributed by atoms with Gasteiger partial charge in [0.05, 0.1) is 17.5 Å². The Morgan fingerprint density at radius 3 is 2.68 bits per heavy atom. The number of hydrogen-bond acceptors (Lipinski definition) is 2. The number of aromatic nitrogens is 2. The molecule has 0 aliphatic carbocycles. The second-order valence-electron chi connectivity index (χ2n) is 5.67. The largest absolute Gasteiger partial charge is 0.387 e. The molecule has 2 aromatic heterocycles. The molecule has 0 aliphatic heterocycles. The third kappa shape index (κ3) is 2.51. The van der Waals surface area contributed by atoms with Gasteiger partial charge in [0.2, 0.25) is 0 Å². The minimum Gasteiger partial charge on any atom is -0.387 e. The average Bonchev–Trinajstić information content (AvgIpc) is 2.87. The Bertz CT molecular complexity index is 838. The summed E-state index contributed by atoms with van der Waals surface area (Å²) in [5.74, 6) is 0. The van der Waals surface area contributed by atoms with Crippen molar-refractivity contribution in [1.29, 1.82) is 0 Å². The standard InChI is InChI=1S/C18H19ClN2O/c1-4-15(22)18-17(13-5-6-14(19)12(3)10-13)20-16-9-11(2)7-8-21(16)18/h5-10,15,22H,4H2,1-3H3. The van der Waals surface area contributed by atoms with E-state index < -0.39 is 6.10 Å². The molecule has 22 heavy (non-hydrogen) atoms. The minimum atomic E-state index is -0.552. The van der Waals surface area contributed by atoms with Crippen LogP contribution in [-0.4, -0.2) is 14.5 Å². The third-order valence-corrected chi connectivity index (χ3v) is 4.38. The van der Waals surface area contributed by atoms with Crippen LogP contribution in [-0.2, 0) is 0 Å². The van der Waals surface area contributed by atoms with Gasteiger partial charge in [0.25, 0.3) is 0 Å². The maximum absolute atomic E-state index is 10.5. The maximum Gasteiger partial charge on any atom is 0.138 e. The summed E-state index contributed by atoms with van der Waals surface area (Å²) in [6.07, 6.45) is 2.06. The molecule has 0 aliphatic rings. The second kappa shape index (κ2) is 5.75. The summed E-state index contributed by atoms with van der Waals surface area (Å²) < 4.78 is 1.97. The number of aliphatic hydroxyl groups excluding tert-OH is 1. The summed E-state index contributed by atoms with van der Waals surface area (Å²) in [5.41, 5.74) is 5.63. The molecule has 3 nitrogen and oxygen atoms in total. The SMILES string of the molecule is CCC(O)c1c(-c2ccc(Cl)c(C)c2)nc2cc(C)ccn12. The minimum absolute atomic E-state index is 0.552. The summed E-state index contributed by atoms with van der Waals surface area (Å²) in [6.45, 7) is 5.98. The lowest BCUT2D eigenvalue weighted by atomic mass is 10.0. The van der Waals surface area contributed by atoms with E-state index in [9.17, 15) is 5.11 Å². The van der Waals surface area contributed by atoms with Crippen molar-refractivity contribution in [2.75, 3.05) is 0 Å². The van der Waals surface area contributed by atoms with Crippen LogP contribution in [0.25, 0.3) is 16.9 Å². The lowest BCUT2D eigenvalue weighted by Gasteiger charge is -2.11. The van der Waals surface area contributed by atoms with Gasteiger partial charge in [-0.2, -0.15) is 0 Å². The van der Waals surface area contributed by atoms with Crippen molar-refractivity contribution in [3.8, 4) is 11.3 Å². The summed E-state index contributed by atoms with van der Waals surface area (Å²) in [7, 11) is 0. The van der Waals surface area contributed by atoms with Gasteiger partial charge in [0.15, 0.2) is 0 Å². The summed E-state index contributed by atoms with van der Waals surface area (Å²) in [6, 6.07) is 9.90. The number of fused-ring (bicyclic) bond motifs is 1. The Balaban J connectivity index is 2.29. The quantitative estimate of drug-likeness (QED) is 0.760. The number of imidazole rings is 1. The predicted octanol–water partition coefficient (Wildman–Crippen LogP) is 4.71. The molecule has 0 saturated heterocycles. The highest BCUT2D eigenvalue weighted by Gasteiger charge is 2.20. The first-order valence-corrected chi connectivity index (χ1v) is 7.82. The highest BCUT2D eigenvalue weighted by Crippen LogP contribution is 2.32. The van der Waals surface area contributed by atoms with E-state index in [1.807, 2.05) is 61.7 Å². The van der Waals surface area contributed by atoms with Gasteiger partial charge in [0, 0.05) is 16.8 Å². The fourth-order valence-electron chi connectivity index (χ4n) is 2.68. The molecular formula is C18H19ClN2O. The van der Waals surface area contributed by atoms with Gasteiger partial charge < -0.3 is 9.51 Å². The zero-order valence-electron chi connectivity index (χ0n) is 13.0. The first-order chi connectivity index (χ1) is 10.5. The van der Waals surface area contributed by atoms with E-state index in [1.54, 1.807) is 0 Å². The van der Waals surface area contributed by atoms with Crippen molar-refractivity contribution in [3.05, 3.63) is 58.4 Å². The zero-order valence-corrected chi connectivity index (χ0v) is 13.7. The van der Waals surface area contributed by atoms with Crippen molar-refractivity contribution in [1.82, 2.24) is 9.38 Å². The Morgan fingerprint density at radius 2 is 2.00 bits per heavy atom. The van der Waals surface area contributed by atoms with Gasteiger partial charge in [-0.15, -0.1) is 0 Å². The normalized spacial score (nSPS) is 12.8. The van der Waals surface area contributed by atoms with Crippen LogP contribution >= 0.6 is 11.6 Å². The number of rotatable bonds is 3. The molecule has 0 amide bonds. The van der Waals surface area contributed by atoms with E-state index in [0.29, 0.717) is 6.42 Å². The van der Waals surface area contributed by atoms with Gasteiger partial charge in [0.1, 0.15) is 5.65 Å². The molecular weight excluding hydrogens is 296 g/mol. The Labute approximate surface area is 135 Å². The van der Waals surface area contributed by atoms with Crippen LogP contribution in [0, 0.1) is 13.8 Å². The first-order valence-electron chi connectivity index (χ1n) is 7.44. The van der Waals surface area contributed by atoms with E-state index in [1.165, 1.54) is 0 Å². The molecule has 3 rings (SSSR count). The molecule has 3 aromatic rings. The smallest absolute Gasteiger partial charge is 0.138 e. The topological polar surface area (TPSA) is 37.5 Å². The number of aliphatic hydroxyl groups is 1. The van der Waals surface area contributed by atoms with Crippen LogP contribution in [0.15, 0.2) is 36.5 Å². The lowest BCUT2D eigenvalue weighted by molar-refractivity contribution is 0.168. The van der Waals surface area contributed by atoms with Gasteiger partial charge in [-0.1, -0.05) is 24.6 Å². The molecule has 1 unspecified atom stereocenters. The summed E-state index contributed by atoms with van der Waals surface area (Å²) >= 11 is 6.12. The average molecular weight is 315 g/mol. The third-order valence-electron chi connectivity index (χ3n) is 3.95. The van der Waals surface area contributed by atoms with Crippen LogP contribution < -0.4 is 0 Å². The monoisotopic (exact) mass is 314 g/mol. The number of halogens is 1. The van der Waals surface area contributed by atoms with E-state index in [2.05, 4.69) is 0 Å². The van der Waals surface area contributed by atoms with Crippen molar-refractivity contribution in [2.45, 2.75) is 33.3 Å². The molecule has 0 fully saturated rings. The van der Waals surface area contributed by atoms with Crippen LogP contribution in [0.2, 0.25) is 5.02 Å². The second-order valence-corrected chi connectivity index (χ2v) is 6.07. The lowest BCUT2D eigenvalue weighted by Crippen LogP contribution is -2.02. The van der Waals surface area contributed by atoms with E-state index in [-0.39, 0.29) is 0 Å². The fraction of sp³-hybridized carbons (Fsp3) is 0.278. The fourth-order valence-corrected chi connectivity index (χ4v) is 2.80. The number of nitrogens with zero attached hydrogens (tertiary/aromatic N) is 2. The highest BCUT2D eigenvalue weighted by molar-refractivity contribution is 6.31. The molecule has 1 atom stereocenters. The van der Waals surface area contributed by atoms with Crippen molar-refractivity contribution in [2.24, 2.45) is 0 Å². The van der Waals surface area contributed by atoms with Crippen LogP contribution in [0.1, 0.15) is 36.3 Å². The summed E-state index contributed by atoms with van der Waals surface area (Å²) in [4.78, 5) is 4.74. The number of pyridine rings is 1. The van der Waals surface area contributed by atoms with E-state index >= 15 is 0 Å². The number of hydrogen-bond donors (Lipinski definition) is 1. The first kappa shape index (κ1) is 15.1. The van der Waals surface area contributed by atoms with Crippen LogP contribution in [0.4, 0.5) is 0 Å². The van der Waals surface area contributed by atoms with Gasteiger partial charge in [-0.25, -0.2) is 4.98 Å². The Kier molecular flexibility index (Phi) is 3.94.